The van der Waals surface area contributed by atoms with Gasteiger partial charge in [-0.25, -0.2) is 0 Å². The van der Waals surface area contributed by atoms with Gasteiger partial charge in [-0.3, -0.25) is 4.79 Å². The van der Waals surface area contributed by atoms with Gasteiger partial charge in [0.1, 0.15) is 5.76 Å². The smallest absolute Gasteiger partial charge is 0.228 e. The van der Waals surface area contributed by atoms with Crippen LogP contribution in [0.3, 0.4) is 0 Å². The highest BCUT2D eigenvalue weighted by molar-refractivity contribution is 6.07. The number of hydrogen-bond acceptors (Lipinski definition) is 2. The van der Waals surface area contributed by atoms with Crippen LogP contribution in [0.4, 0.5) is 0 Å². The molecule has 0 fully saturated rings. The topological polar surface area (TPSA) is 30.2 Å². The number of hydrogen-bond donors (Lipinski definition) is 0. The van der Waals surface area contributed by atoms with Crippen molar-refractivity contribution in [2.24, 2.45) is 5.92 Å². The van der Waals surface area contributed by atoms with E-state index in [4.69, 9.17) is 4.42 Å². The van der Waals surface area contributed by atoms with Gasteiger partial charge in [-0.2, -0.15) is 0 Å². The fourth-order valence-electron chi connectivity index (χ4n) is 2.01. The summed E-state index contributed by atoms with van der Waals surface area (Å²) in [5, 5.41) is 0. The second kappa shape index (κ2) is 5.21. The number of benzene rings is 1. The van der Waals surface area contributed by atoms with Crippen molar-refractivity contribution in [2.45, 2.75) is 27.2 Å². The van der Waals surface area contributed by atoms with Crippen LogP contribution in [-0.4, -0.2) is 5.78 Å². The molecular formula is C16H18O2. The van der Waals surface area contributed by atoms with Gasteiger partial charge in [-0.05, 0) is 43.0 Å². The summed E-state index contributed by atoms with van der Waals surface area (Å²) in [7, 11) is 0. The van der Waals surface area contributed by atoms with Crippen molar-refractivity contribution in [2.75, 3.05) is 0 Å². The first-order valence-corrected chi connectivity index (χ1v) is 6.26. The lowest BCUT2D eigenvalue weighted by Crippen LogP contribution is -2.02. The molecule has 0 spiro atoms. The van der Waals surface area contributed by atoms with Gasteiger partial charge in [0.25, 0.3) is 0 Å². The molecule has 2 nitrogen and oxygen atoms in total. The fraction of sp³-hybridized carbons (Fsp3) is 0.312. The van der Waals surface area contributed by atoms with Crippen molar-refractivity contribution in [3.05, 3.63) is 59.0 Å². The summed E-state index contributed by atoms with van der Waals surface area (Å²) in [5.74, 6) is 1.71. The maximum absolute atomic E-state index is 12.2. The number of furan rings is 1. The van der Waals surface area contributed by atoms with Gasteiger partial charge in [0.15, 0.2) is 5.76 Å². The van der Waals surface area contributed by atoms with Gasteiger partial charge >= 0.3 is 0 Å². The highest BCUT2D eigenvalue weighted by atomic mass is 16.3. The molecule has 1 aromatic carbocycles. The third-order valence-corrected chi connectivity index (χ3v) is 2.80. The van der Waals surface area contributed by atoms with Crippen LogP contribution in [-0.2, 0) is 6.42 Å². The number of rotatable bonds is 4. The van der Waals surface area contributed by atoms with Crippen molar-refractivity contribution in [1.82, 2.24) is 0 Å². The molecule has 0 N–H and O–H groups in total. The van der Waals surface area contributed by atoms with Crippen LogP contribution in [0.2, 0.25) is 0 Å². The summed E-state index contributed by atoms with van der Waals surface area (Å²) < 4.78 is 5.37. The number of ketones is 1. The average Bonchev–Trinajstić information content (AvgIpc) is 2.74. The van der Waals surface area contributed by atoms with Crippen LogP contribution in [0, 0.1) is 12.8 Å². The fourth-order valence-corrected chi connectivity index (χ4v) is 2.01. The summed E-state index contributed by atoms with van der Waals surface area (Å²) in [6, 6.07) is 11.3. The number of carbonyl (C=O) groups excluding carboxylic acids is 1. The van der Waals surface area contributed by atoms with Crippen molar-refractivity contribution in [3.8, 4) is 0 Å². The molecule has 0 saturated carbocycles. The Bertz CT molecular complexity index is 550. The lowest BCUT2D eigenvalue weighted by Gasteiger charge is -2.06. The zero-order valence-electron chi connectivity index (χ0n) is 11.1. The van der Waals surface area contributed by atoms with Crippen molar-refractivity contribution < 1.29 is 9.21 Å². The van der Waals surface area contributed by atoms with Gasteiger partial charge in [0.2, 0.25) is 5.78 Å². The molecule has 0 aliphatic carbocycles. The van der Waals surface area contributed by atoms with E-state index in [-0.39, 0.29) is 5.78 Å². The van der Waals surface area contributed by atoms with Crippen LogP contribution in [0.5, 0.6) is 0 Å². The molecule has 1 aromatic heterocycles. The van der Waals surface area contributed by atoms with E-state index in [0.717, 1.165) is 12.2 Å². The second-order valence-electron chi connectivity index (χ2n) is 5.04. The predicted octanol–water partition coefficient (Wildman–Crippen LogP) is 4.02. The molecule has 0 aliphatic rings. The normalized spacial score (nSPS) is 10.9. The van der Waals surface area contributed by atoms with Gasteiger partial charge in [0, 0.05) is 5.56 Å². The zero-order chi connectivity index (χ0) is 13.1. The Morgan fingerprint density at radius 2 is 2.00 bits per heavy atom. The average molecular weight is 242 g/mol. The molecule has 0 aliphatic heterocycles. The molecule has 0 unspecified atom stereocenters. The van der Waals surface area contributed by atoms with Crippen LogP contribution >= 0.6 is 0 Å². The second-order valence-corrected chi connectivity index (χ2v) is 5.04. The first-order valence-electron chi connectivity index (χ1n) is 6.26. The van der Waals surface area contributed by atoms with E-state index in [0.29, 0.717) is 17.2 Å². The maximum Gasteiger partial charge on any atom is 0.228 e. The summed E-state index contributed by atoms with van der Waals surface area (Å²) in [5.41, 5.74) is 1.89. The first kappa shape index (κ1) is 12.6. The minimum atomic E-state index is -0.0475. The Hall–Kier alpha value is -1.83. The third kappa shape index (κ3) is 2.89. The Balaban J connectivity index is 2.25. The SMILES string of the molecule is Cc1ccc(C(=O)c2cccc(CC(C)C)c2)o1. The van der Waals surface area contributed by atoms with Crippen LogP contribution < -0.4 is 0 Å². The summed E-state index contributed by atoms with van der Waals surface area (Å²) in [4.78, 5) is 12.2. The molecule has 2 heteroatoms. The van der Waals surface area contributed by atoms with E-state index >= 15 is 0 Å². The Labute approximate surface area is 108 Å². The molecule has 2 aromatic rings. The van der Waals surface area contributed by atoms with Gasteiger partial charge in [0.05, 0.1) is 0 Å². The molecule has 1 heterocycles. The Kier molecular flexibility index (Phi) is 3.66. The first-order chi connectivity index (χ1) is 8.56. The maximum atomic E-state index is 12.2. The minimum Gasteiger partial charge on any atom is -0.458 e. The Morgan fingerprint density at radius 1 is 1.22 bits per heavy atom. The molecule has 18 heavy (non-hydrogen) atoms. The number of carbonyl (C=O) groups is 1. The van der Waals surface area contributed by atoms with E-state index in [2.05, 4.69) is 19.9 Å². The Morgan fingerprint density at radius 3 is 2.61 bits per heavy atom. The highest BCUT2D eigenvalue weighted by Gasteiger charge is 2.13. The van der Waals surface area contributed by atoms with Crippen LogP contribution in [0.15, 0.2) is 40.8 Å². The molecule has 94 valence electrons. The molecule has 0 saturated heterocycles. The standard InChI is InChI=1S/C16H18O2/c1-11(2)9-13-5-4-6-14(10-13)16(17)15-8-7-12(3)18-15/h4-8,10-11H,9H2,1-3H3. The number of aryl methyl sites for hydroxylation is 1. The summed E-state index contributed by atoms with van der Waals surface area (Å²) in [6.45, 7) is 6.18. The van der Waals surface area contributed by atoms with E-state index < -0.39 is 0 Å². The van der Waals surface area contributed by atoms with Crippen LogP contribution in [0.25, 0.3) is 0 Å². The molecular weight excluding hydrogens is 224 g/mol. The van der Waals surface area contributed by atoms with Crippen molar-refractivity contribution in [3.63, 3.8) is 0 Å². The monoisotopic (exact) mass is 242 g/mol. The zero-order valence-corrected chi connectivity index (χ0v) is 11.1. The minimum absolute atomic E-state index is 0.0475. The summed E-state index contributed by atoms with van der Waals surface area (Å²) >= 11 is 0. The van der Waals surface area contributed by atoms with Gasteiger partial charge in [-0.1, -0.05) is 32.0 Å². The third-order valence-electron chi connectivity index (χ3n) is 2.80. The predicted molar refractivity (Wildman–Crippen MR) is 71.9 cm³/mol. The van der Waals surface area contributed by atoms with Crippen molar-refractivity contribution in [1.29, 1.82) is 0 Å². The summed E-state index contributed by atoms with van der Waals surface area (Å²) in [6.07, 6.45) is 0.984. The highest BCUT2D eigenvalue weighted by Crippen LogP contribution is 2.16. The largest absolute Gasteiger partial charge is 0.458 e. The van der Waals surface area contributed by atoms with E-state index in [1.54, 1.807) is 6.07 Å². The van der Waals surface area contributed by atoms with E-state index in [1.165, 1.54) is 5.56 Å². The molecule has 0 amide bonds. The van der Waals surface area contributed by atoms with E-state index in [9.17, 15) is 4.79 Å². The van der Waals surface area contributed by atoms with Crippen LogP contribution in [0.1, 0.15) is 41.3 Å². The lowest BCUT2D eigenvalue weighted by atomic mass is 9.99. The van der Waals surface area contributed by atoms with Gasteiger partial charge in [-0.15, -0.1) is 0 Å². The van der Waals surface area contributed by atoms with Gasteiger partial charge < -0.3 is 4.42 Å². The van der Waals surface area contributed by atoms with E-state index in [1.807, 2.05) is 31.2 Å². The molecule has 0 atom stereocenters. The quantitative estimate of drug-likeness (QED) is 0.758. The molecule has 0 radical (unpaired) electrons. The molecule has 2 rings (SSSR count). The molecule has 0 bridgehead atoms. The van der Waals surface area contributed by atoms with Crippen molar-refractivity contribution >= 4 is 5.78 Å². The lowest BCUT2D eigenvalue weighted by molar-refractivity contribution is 0.101.